The normalized spacial score (nSPS) is 23.8. The summed E-state index contributed by atoms with van der Waals surface area (Å²) in [6, 6.07) is 7.92. The first-order valence-electron chi connectivity index (χ1n) is 5.31. The molecule has 1 aromatic carbocycles. The number of carbonyl (C=O) groups excluding carboxylic acids is 1. The molecule has 1 atom stereocenters. The fourth-order valence-corrected chi connectivity index (χ4v) is 2.39. The van der Waals surface area contributed by atoms with E-state index in [1.807, 2.05) is 30.3 Å². The Labute approximate surface area is 109 Å². The lowest BCUT2D eigenvalue weighted by Crippen LogP contribution is -2.21. The highest BCUT2D eigenvalue weighted by Crippen LogP contribution is 2.26. The van der Waals surface area contributed by atoms with Crippen molar-refractivity contribution in [1.29, 1.82) is 0 Å². The zero-order valence-corrected chi connectivity index (χ0v) is 11.1. The summed E-state index contributed by atoms with van der Waals surface area (Å²) in [7, 11) is 0. The zero-order valence-electron chi connectivity index (χ0n) is 8.75. The van der Waals surface area contributed by atoms with Crippen molar-refractivity contribution in [1.82, 2.24) is 0 Å². The van der Waals surface area contributed by atoms with Gasteiger partial charge in [0.25, 0.3) is 0 Å². The van der Waals surface area contributed by atoms with Crippen LogP contribution in [0.3, 0.4) is 0 Å². The van der Waals surface area contributed by atoms with E-state index in [0.29, 0.717) is 0 Å². The number of rotatable bonds is 1. The number of benzene rings is 1. The first-order valence-corrected chi connectivity index (χ1v) is 6.54. The summed E-state index contributed by atoms with van der Waals surface area (Å²) in [6.07, 6.45) is 4.60. The molecule has 1 aromatic rings. The van der Waals surface area contributed by atoms with Gasteiger partial charge in [0.05, 0.1) is 5.38 Å². The molecule has 84 valence electrons. The summed E-state index contributed by atoms with van der Waals surface area (Å²) in [4.78, 5) is 11.8. The van der Waals surface area contributed by atoms with E-state index >= 15 is 0 Å². The maximum atomic E-state index is 11.8. The van der Waals surface area contributed by atoms with Gasteiger partial charge < -0.3 is 0 Å². The highest BCUT2D eigenvalue weighted by Gasteiger charge is 2.23. The second-order valence-electron chi connectivity index (χ2n) is 3.95. The van der Waals surface area contributed by atoms with Crippen molar-refractivity contribution in [3.05, 3.63) is 39.9 Å². The molecule has 0 bridgehead atoms. The smallest absolute Gasteiger partial charge is 0.176 e. The first kappa shape index (κ1) is 11.9. The van der Waals surface area contributed by atoms with Crippen molar-refractivity contribution in [3.63, 3.8) is 0 Å². The molecule has 1 aliphatic carbocycles. The average molecular weight is 300 g/mol. The third-order valence-corrected chi connectivity index (χ3v) is 3.66. The number of allylic oxidation sites excluding steroid dienone is 1. The number of Topliss-reactive ketones (excluding diaryl/α,β-unsaturated/α-hetero) is 1. The van der Waals surface area contributed by atoms with E-state index in [1.54, 1.807) is 0 Å². The third-order valence-electron chi connectivity index (χ3n) is 2.72. The number of ketones is 1. The van der Waals surface area contributed by atoms with Crippen LogP contribution in [0.4, 0.5) is 0 Å². The summed E-state index contributed by atoms with van der Waals surface area (Å²) in [5, 5.41) is -0.324. The van der Waals surface area contributed by atoms with Gasteiger partial charge in [-0.3, -0.25) is 4.79 Å². The predicted octanol–water partition coefficient (Wildman–Crippen LogP) is 4.19. The Morgan fingerprint density at radius 1 is 1.31 bits per heavy atom. The lowest BCUT2D eigenvalue weighted by Gasteiger charge is -2.17. The van der Waals surface area contributed by atoms with Gasteiger partial charge in [-0.2, -0.15) is 0 Å². The molecule has 1 aliphatic rings. The Hall–Kier alpha value is -0.600. The van der Waals surface area contributed by atoms with Crippen LogP contribution in [0.25, 0.3) is 6.08 Å². The predicted molar refractivity (Wildman–Crippen MR) is 70.6 cm³/mol. The molecular weight excluding hydrogens is 287 g/mol. The van der Waals surface area contributed by atoms with E-state index in [9.17, 15) is 4.79 Å². The van der Waals surface area contributed by atoms with Crippen LogP contribution in [0.1, 0.15) is 24.8 Å². The number of carbonyl (C=O) groups is 1. The van der Waals surface area contributed by atoms with E-state index in [1.165, 1.54) is 0 Å². The Morgan fingerprint density at radius 2 is 2.00 bits per heavy atom. The summed E-state index contributed by atoms with van der Waals surface area (Å²) >= 11 is 9.34. The van der Waals surface area contributed by atoms with Crippen LogP contribution < -0.4 is 0 Å². The molecule has 0 N–H and O–H groups in total. The quantitative estimate of drug-likeness (QED) is 0.561. The summed E-state index contributed by atoms with van der Waals surface area (Å²) < 4.78 is 1.04. The molecule has 1 saturated carbocycles. The van der Waals surface area contributed by atoms with Crippen LogP contribution in [0.2, 0.25) is 0 Å². The molecule has 0 heterocycles. The second-order valence-corrected chi connectivity index (χ2v) is 5.39. The minimum atomic E-state index is -0.324. The van der Waals surface area contributed by atoms with Crippen molar-refractivity contribution in [2.75, 3.05) is 0 Å². The molecule has 3 heteroatoms. The Balaban J connectivity index is 2.23. The largest absolute Gasteiger partial charge is 0.293 e. The molecule has 1 nitrogen and oxygen atoms in total. The maximum absolute atomic E-state index is 11.8. The minimum absolute atomic E-state index is 0.0934. The highest BCUT2D eigenvalue weighted by atomic mass is 79.9. The number of hydrogen-bond donors (Lipinski definition) is 0. The standard InChI is InChI=1S/C13H12BrClO/c14-11-6-4-9(5-7-11)8-10-2-1-3-12(15)13(10)16/h4-8,12H,1-3H2. The minimum Gasteiger partial charge on any atom is -0.293 e. The molecule has 0 radical (unpaired) electrons. The molecule has 2 rings (SSSR count). The fourth-order valence-electron chi connectivity index (χ4n) is 1.83. The van der Waals surface area contributed by atoms with Crippen LogP contribution in [0.5, 0.6) is 0 Å². The lowest BCUT2D eigenvalue weighted by molar-refractivity contribution is -0.116. The van der Waals surface area contributed by atoms with Crippen molar-refractivity contribution in [3.8, 4) is 0 Å². The molecule has 1 fully saturated rings. The SMILES string of the molecule is O=C1C(=Cc2ccc(Br)cc2)CCCC1Cl. The topological polar surface area (TPSA) is 17.1 Å². The van der Waals surface area contributed by atoms with Crippen LogP contribution in [0.15, 0.2) is 34.3 Å². The van der Waals surface area contributed by atoms with Crippen LogP contribution in [-0.2, 0) is 4.79 Å². The Bertz CT molecular complexity index is 422. The van der Waals surface area contributed by atoms with E-state index in [4.69, 9.17) is 11.6 Å². The van der Waals surface area contributed by atoms with Gasteiger partial charge >= 0.3 is 0 Å². The van der Waals surface area contributed by atoms with Crippen molar-refractivity contribution in [2.24, 2.45) is 0 Å². The monoisotopic (exact) mass is 298 g/mol. The lowest BCUT2D eigenvalue weighted by atomic mass is 9.92. The van der Waals surface area contributed by atoms with Gasteiger partial charge in [0.2, 0.25) is 0 Å². The summed E-state index contributed by atoms with van der Waals surface area (Å²) in [5.41, 5.74) is 1.91. The van der Waals surface area contributed by atoms with Crippen LogP contribution in [0, 0.1) is 0 Å². The number of alkyl halides is 1. The van der Waals surface area contributed by atoms with Gasteiger partial charge in [0, 0.05) is 4.47 Å². The van der Waals surface area contributed by atoms with E-state index in [0.717, 1.165) is 34.9 Å². The Morgan fingerprint density at radius 3 is 2.69 bits per heavy atom. The number of hydrogen-bond acceptors (Lipinski definition) is 1. The van der Waals surface area contributed by atoms with Crippen LogP contribution >= 0.6 is 27.5 Å². The second kappa shape index (κ2) is 5.15. The molecule has 0 saturated heterocycles. The molecule has 16 heavy (non-hydrogen) atoms. The number of halogens is 2. The Kier molecular flexibility index (Phi) is 3.82. The molecule has 0 amide bonds. The van der Waals surface area contributed by atoms with Crippen LogP contribution in [-0.4, -0.2) is 11.2 Å². The maximum Gasteiger partial charge on any atom is 0.176 e. The van der Waals surface area contributed by atoms with Gasteiger partial charge in [-0.05, 0) is 48.6 Å². The van der Waals surface area contributed by atoms with Crippen molar-refractivity contribution < 1.29 is 4.79 Å². The molecule has 0 spiro atoms. The zero-order chi connectivity index (χ0) is 11.5. The van der Waals surface area contributed by atoms with Gasteiger partial charge in [-0.1, -0.05) is 28.1 Å². The molecule has 0 aliphatic heterocycles. The average Bonchev–Trinajstić information content (AvgIpc) is 2.28. The molecule has 0 aromatic heterocycles. The van der Waals surface area contributed by atoms with Gasteiger partial charge in [-0.15, -0.1) is 11.6 Å². The fraction of sp³-hybridized carbons (Fsp3) is 0.308. The van der Waals surface area contributed by atoms with Gasteiger partial charge in [0.1, 0.15) is 0 Å². The van der Waals surface area contributed by atoms with Gasteiger partial charge in [-0.25, -0.2) is 0 Å². The van der Waals surface area contributed by atoms with E-state index < -0.39 is 0 Å². The third kappa shape index (κ3) is 2.74. The summed E-state index contributed by atoms with van der Waals surface area (Å²) in [6.45, 7) is 0. The first-order chi connectivity index (χ1) is 7.66. The molecule has 1 unspecified atom stereocenters. The van der Waals surface area contributed by atoms with Crippen molar-refractivity contribution >= 4 is 39.4 Å². The van der Waals surface area contributed by atoms with Gasteiger partial charge in [0.15, 0.2) is 5.78 Å². The van der Waals surface area contributed by atoms with Crippen molar-refractivity contribution in [2.45, 2.75) is 24.6 Å². The van der Waals surface area contributed by atoms with E-state index in [2.05, 4.69) is 15.9 Å². The summed E-state index contributed by atoms with van der Waals surface area (Å²) in [5.74, 6) is 0.0934. The highest BCUT2D eigenvalue weighted by molar-refractivity contribution is 9.10. The van der Waals surface area contributed by atoms with E-state index in [-0.39, 0.29) is 11.2 Å². The molecular formula is C13H12BrClO.